The summed E-state index contributed by atoms with van der Waals surface area (Å²) in [4.78, 5) is 0. The van der Waals surface area contributed by atoms with Gasteiger partial charge in [-0.2, -0.15) is 5.06 Å². The molecule has 1 saturated heterocycles. The van der Waals surface area contributed by atoms with Gasteiger partial charge in [-0.25, -0.2) is 0 Å². The van der Waals surface area contributed by atoms with Gasteiger partial charge in [-0.1, -0.05) is 0 Å². The highest BCUT2D eigenvalue weighted by Crippen LogP contribution is 2.23. The second-order valence-corrected chi connectivity index (χ2v) is 2.82. The van der Waals surface area contributed by atoms with Crippen LogP contribution in [0.3, 0.4) is 0 Å². The van der Waals surface area contributed by atoms with Crippen molar-refractivity contribution in [3.05, 3.63) is 0 Å². The van der Waals surface area contributed by atoms with Crippen LogP contribution in [0, 0.1) is 0 Å². The first-order valence-electron chi connectivity index (χ1n) is 3.59. The van der Waals surface area contributed by atoms with Crippen LogP contribution in [0.25, 0.3) is 0 Å². The van der Waals surface area contributed by atoms with Crippen molar-refractivity contribution < 1.29 is 20.5 Å². The monoisotopic (exact) mass is 163 g/mol. The van der Waals surface area contributed by atoms with Gasteiger partial charge in [-0.05, 0) is 12.8 Å². The average molecular weight is 163 g/mol. The molecule has 2 atom stereocenters. The van der Waals surface area contributed by atoms with Crippen LogP contribution < -0.4 is 0 Å². The van der Waals surface area contributed by atoms with E-state index in [1.165, 1.54) is 0 Å². The molecule has 0 saturated carbocycles. The summed E-state index contributed by atoms with van der Waals surface area (Å²) >= 11 is 0. The Bertz CT molecular complexity index is 131. The molecule has 1 fully saturated rings. The van der Waals surface area contributed by atoms with Gasteiger partial charge in [0.15, 0.2) is 5.72 Å². The van der Waals surface area contributed by atoms with Gasteiger partial charge in [0.1, 0.15) is 6.10 Å². The highest BCUT2D eigenvalue weighted by atomic mass is 16.6. The van der Waals surface area contributed by atoms with Gasteiger partial charge in [-0.15, -0.1) is 0 Å². The van der Waals surface area contributed by atoms with Gasteiger partial charge < -0.3 is 20.5 Å². The van der Waals surface area contributed by atoms with Gasteiger partial charge >= 0.3 is 0 Å². The lowest BCUT2D eigenvalue weighted by Gasteiger charge is -2.41. The lowest BCUT2D eigenvalue weighted by atomic mass is 9.98. The van der Waals surface area contributed by atoms with E-state index in [1.54, 1.807) is 0 Å². The van der Waals surface area contributed by atoms with Crippen molar-refractivity contribution >= 4 is 0 Å². The topological polar surface area (TPSA) is 84.2 Å². The molecule has 0 aromatic carbocycles. The van der Waals surface area contributed by atoms with E-state index in [2.05, 4.69) is 0 Å². The number of aliphatic hydroxyl groups excluding tert-OH is 2. The summed E-state index contributed by atoms with van der Waals surface area (Å²) in [5, 5.41) is 36.9. The normalized spacial score (nSPS) is 40.9. The molecule has 0 spiro atoms. The van der Waals surface area contributed by atoms with Crippen LogP contribution in [0.15, 0.2) is 0 Å². The van der Waals surface area contributed by atoms with Crippen molar-refractivity contribution in [3.63, 3.8) is 0 Å². The van der Waals surface area contributed by atoms with Crippen molar-refractivity contribution in [1.82, 2.24) is 5.06 Å². The van der Waals surface area contributed by atoms with E-state index in [0.29, 0.717) is 17.9 Å². The highest BCUT2D eigenvalue weighted by Gasteiger charge is 2.43. The minimum Gasteiger partial charge on any atom is -0.392 e. The number of aliphatic hydroxyl groups is 3. The number of hydroxylamine groups is 2. The first-order chi connectivity index (χ1) is 5.11. The quantitative estimate of drug-likeness (QED) is 0.378. The third-order valence-corrected chi connectivity index (χ3v) is 2.06. The van der Waals surface area contributed by atoms with Crippen LogP contribution in [-0.2, 0) is 0 Å². The van der Waals surface area contributed by atoms with Crippen LogP contribution in [0.5, 0.6) is 0 Å². The van der Waals surface area contributed by atoms with Gasteiger partial charge in [0.2, 0.25) is 0 Å². The standard InChI is InChI=1S/C6H13NO4/c8-4-6(10)5(9)2-1-3-7(6)11/h5,8-11H,1-4H2. The molecule has 5 heteroatoms. The summed E-state index contributed by atoms with van der Waals surface area (Å²) in [5.74, 6) is 0. The van der Waals surface area contributed by atoms with E-state index in [4.69, 9.17) is 10.3 Å². The maximum absolute atomic E-state index is 9.39. The van der Waals surface area contributed by atoms with Gasteiger partial charge in [-0.3, -0.25) is 0 Å². The predicted octanol–water partition coefficient (Wildman–Crippen LogP) is -1.49. The largest absolute Gasteiger partial charge is 0.392 e. The van der Waals surface area contributed by atoms with E-state index < -0.39 is 18.4 Å². The molecule has 1 aliphatic rings. The van der Waals surface area contributed by atoms with Crippen molar-refractivity contribution in [2.45, 2.75) is 24.7 Å². The second-order valence-electron chi connectivity index (χ2n) is 2.82. The summed E-state index contributed by atoms with van der Waals surface area (Å²) in [5.41, 5.74) is -1.86. The molecule has 5 nitrogen and oxygen atoms in total. The summed E-state index contributed by atoms with van der Waals surface area (Å²) in [6.07, 6.45) is -0.0695. The molecule has 1 rings (SSSR count). The highest BCUT2D eigenvalue weighted by molar-refractivity contribution is 4.86. The third kappa shape index (κ3) is 1.38. The Morgan fingerprint density at radius 3 is 2.55 bits per heavy atom. The van der Waals surface area contributed by atoms with Crippen molar-refractivity contribution in [1.29, 1.82) is 0 Å². The minimum absolute atomic E-state index is 0.272. The number of hydrogen-bond donors (Lipinski definition) is 4. The van der Waals surface area contributed by atoms with Gasteiger partial charge in [0.25, 0.3) is 0 Å². The molecule has 1 heterocycles. The fourth-order valence-electron chi connectivity index (χ4n) is 1.22. The molecule has 1 aliphatic heterocycles. The van der Waals surface area contributed by atoms with Crippen molar-refractivity contribution in [3.8, 4) is 0 Å². The molecule has 0 radical (unpaired) electrons. The minimum atomic E-state index is -1.86. The predicted molar refractivity (Wildman–Crippen MR) is 35.8 cm³/mol. The second kappa shape index (κ2) is 3.04. The Balaban J connectivity index is 2.69. The number of nitrogens with zero attached hydrogens (tertiary/aromatic N) is 1. The zero-order valence-corrected chi connectivity index (χ0v) is 6.14. The van der Waals surface area contributed by atoms with Crippen LogP contribution in [0.1, 0.15) is 12.8 Å². The first kappa shape index (κ1) is 8.89. The van der Waals surface area contributed by atoms with Crippen LogP contribution in [0.4, 0.5) is 0 Å². The Labute approximate surface area is 64.4 Å². The third-order valence-electron chi connectivity index (χ3n) is 2.06. The molecule has 0 aromatic rings. The Hall–Kier alpha value is -0.200. The van der Waals surface area contributed by atoms with E-state index >= 15 is 0 Å². The van der Waals surface area contributed by atoms with Crippen molar-refractivity contribution in [2.24, 2.45) is 0 Å². The molecule has 0 bridgehead atoms. The molecule has 0 amide bonds. The molecule has 0 aliphatic carbocycles. The molecule has 2 unspecified atom stereocenters. The smallest absolute Gasteiger partial charge is 0.189 e. The maximum atomic E-state index is 9.39. The van der Waals surface area contributed by atoms with E-state index in [1.807, 2.05) is 0 Å². The Kier molecular flexibility index (Phi) is 2.46. The Morgan fingerprint density at radius 2 is 2.18 bits per heavy atom. The van der Waals surface area contributed by atoms with Crippen LogP contribution >= 0.6 is 0 Å². The van der Waals surface area contributed by atoms with Crippen LogP contribution in [-0.4, -0.2) is 50.6 Å². The van der Waals surface area contributed by atoms with E-state index in [-0.39, 0.29) is 6.54 Å². The molecular formula is C6H13NO4. The molecule has 66 valence electrons. The summed E-state index contributed by atoms with van der Waals surface area (Å²) in [6, 6.07) is 0. The zero-order chi connectivity index (χ0) is 8.48. The first-order valence-corrected chi connectivity index (χ1v) is 3.59. The molecule has 4 N–H and O–H groups in total. The summed E-state index contributed by atoms with van der Waals surface area (Å²) < 4.78 is 0. The maximum Gasteiger partial charge on any atom is 0.189 e. The van der Waals surface area contributed by atoms with Gasteiger partial charge in [0, 0.05) is 6.54 Å². The molecule has 11 heavy (non-hydrogen) atoms. The van der Waals surface area contributed by atoms with Gasteiger partial charge in [0.05, 0.1) is 6.61 Å². The summed E-state index contributed by atoms with van der Waals surface area (Å²) in [7, 11) is 0. The zero-order valence-electron chi connectivity index (χ0n) is 6.14. The number of hydrogen-bond acceptors (Lipinski definition) is 5. The lowest BCUT2D eigenvalue weighted by molar-refractivity contribution is -0.322. The summed E-state index contributed by atoms with van der Waals surface area (Å²) in [6.45, 7) is -0.390. The van der Waals surface area contributed by atoms with E-state index in [9.17, 15) is 10.2 Å². The van der Waals surface area contributed by atoms with E-state index in [0.717, 1.165) is 0 Å². The fourth-order valence-corrected chi connectivity index (χ4v) is 1.22. The van der Waals surface area contributed by atoms with Crippen molar-refractivity contribution in [2.75, 3.05) is 13.2 Å². The Morgan fingerprint density at radius 1 is 1.55 bits per heavy atom. The molecule has 0 aromatic heterocycles. The van der Waals surface area contributed by atoms with Crippen LogP contribution in [0.2, 0.25) is 0 Å². The number of rotatable bonds is 1. The SMILES string of the molecule is OCC1(O)C(O)CCCN1O. The lowest BCUT2D eigenvalue weighted by Crippen LogP contribution is -2.61. The number of piperidine rings is 1. The molecular weight excluding hydrogens is 150 g/mol. The fraction of sp³-hybridized carbons (Fsp3) is 1.00. The average Bonchev–Trinajstić information content (AvgIpc) is 2.00.